The van der Waals surface area contributed by atoms with Crippen LogP contribution in [0.2, 0.25) is 0 Å². The third-order valence-electron chi connectivity index (χ3n) is 3.51. The Bertz CT molecular complexity index is 508. The lowest BCUT2D eigenvalue weighted by Crippen LogP contribution is -2.31. The highest BCUT2D eigenvalue weighted by molar-refractivity contribution is 5.81. The summed E-state index contributed by atoms with van der Waals surface area (Å²) in [6, 6.07) is 7.63. The van der Waals surface area contributed by atoms with Crippen molar-refractivity contribution < 1.29 is 23.7 Å². The number of methoxy groups -OCH3 is 2. The molecule has 0 aliphatic carbocycles. The Morgan fingerprint density at radius 2 is 2.00 bits per heavy atom. The minimum absolute atomic E-state index is 0.0109. The summed E-state index contributed by atoms with van der Waals surface area (Å²) in [5.41, 5.74) is 0.953. The minimum atomic E-state index is -0.397. The molecule has 5 heteroatoms. The molecule has 22 heavy (non-hydrogen) atoms. The fraction of sp³-hybridized carbons (Fsp3) is 0.471. The quantitative estimate of drug-likeness (QED) is 0.618. The number of ether oxygens (including phenoxy) is 4. The van der Waals surface area contributed by atoms with Gasteiger partial charge >= 0.3 is 5.97 Å². The number of esters is 1. The van der Waals surface area contributed by atoms with Crippen molar-refractivity contribution in [1.82, 2.24) is 0 Å². The van der Waals surface area contributed by atoms with Gasteiger partial charge in [0.1, 0.15) is 5.75 Å². The summed E-state index contributed by atoms with van der Waals surface area (Å²) in [4.78, 5) is 11.1. The normalized spacial score (nSPS) is 25.1. The number of hydrogen-bond acceptors (Lipinski definition) is 5. The monoisotopic (exact) mass is 306 g/mol. The fourth-order valence-corrected chi connectivity index (χ4v) is 2.35. The van der Waals surface area contributed by atoms with Gasteiger partial charge in [0.15, 0.2) is 6.29 Å². The van der Waals surface area contributed by atoms with Gasteiger partial charge in [-0.1, -0.05) is 18.2 Å². The molecule has 0 radical (unpaired) electrons. The fourth-order valence-electron chi connectivity index (χ4n) is 2.35. The number of carbonyl (C=O) groups is 1. The maximum Gasteiger partial charge on any atom is 0.330 e. The average molecular weight is 306 g/mol. The molecule has 0 saturated carbocycles. The number of benzene rings is 1. The molecule has 1 aliphatic heterocycles. The van der Waals surface area contributed by atoms with Crippen molar-refractivity contribution in [2.45, 2.75) is 38.3 Å². The van der Waals surface area contributed by atoms with Gasteiger partial charge in [-0.3, -0.25) is 0 Å². The van der Waals surface area contributed by atoms with Crippen LogP contribution in [0.15, 0.2) is 36.4 Å². The molecule has 1 aromatic carbocycles. The minimum Gasteiger partial charge on any atom is -0.497 e. The van der Waals surface area contributed by atoms with Gasteiger partial charge in [0.2, 0.25) is 0 Å². The first-order chi connectivity index (χ1) is 10.6. The van der Waals surface area contributed by atoms with Crippen LogP contribution in [0, 0.1) is 0 Å². The summed E-state index contributed by atoms with van der Waals surface area (Å²) in [6.45, 7) is 2.02. The Morgan fingerprint density at radius 1 is 1.27 bits per heavy atom. The van der Waals surface area contributed by atoms with Crippen molar-refractivity contribution in [2.75, 3.05) is 14.2 Å². The van der Waals surface area contributed by atoms with Crippen molar-refractivity contribution in [2.24, 2.45) is 0 Å². The van der Waals surface area contributed by atoms with E-state index in [1.54, 1.807) is 13.2 Å². The lowest BCUT2D eigenvalue weighted by atomic mass is 10.1. The molecule has 0 unspecified atom stereocenters. The van der Waals surface area contributed by atoms with E-state index in [0.29, 0.717) is 6.42 Å². The molecule has 1 heterocycles. The van der Waals surface area contributed by atoms with Crippen LogP contribution in [-0.2, 0) is 19.0 Å². The van der Waals surface area contributed by atoms with Crippen molar-refractivity contribution in [3.8, 4) is 5.75 Å². The van der Waals surface area contributed by atoms with Gasteiger partial charge in [0, 0.05) is 18.1 Å². The van der Waals surface area contributed by atoms with Crippen LogP contribution in [0.4, 0.5) is 0 Å². The van der Waals surface area contributed by atoms with Gasteiger partial charge in [-0.2, -0.15) is 0 Å². The SMILES string of the molecule is COC(=O)/C=C/C[C@@H]1C[C@@H](C)O[C@@H](c2ccc(OC)cc2)O1. The van der Waals surface area contributed by atoms with Gasteiger partial charge < -0.3 is 18.9 Å². The third kappa shape index (κ3) is 4.58. The molecular weight excluding hydrogens is 284 g/mol. The lowest BCUT2D eigenvalue weighted by molar-refractivity contribution is -0.242. The lowest BCUT2D eigenvalue weighted by Gasteiger charge is -2.34. The van der Waals surface area contributed by atoms with E-state index in [2.05, 4.69) is 4.74 Å². The smallest absolute Gasteiger partial charge is 0.330 e. The van der Waals surface area contributed by atoms with E-state index in [0.717, 1.165) is 17.7 Å². The Labute approximate surface area is 130 Å². The number of carbonyl (C=O) groups excluding carboxylic acids is 1. The van der Waals surface area contributed by atoms with Gasteiger partial charge in [-0.25, -0.2) is 4.79 Å². The molecule has 0 aromatic heterocycles. The standard InChI is InChI=1S/C17H22O5/c1-12-11-15(5-4-6-16(18)20-3)22-17(21-12)13-7-9-14(19-2)10-8-13/h4,6-10,12,15,17H,5,11H2,1-3H3/b6-4+/t12-,15-,17-/m1/s1. The molecule has 2 rings (SSSR count). The second-order valence-electron chi connectivity index (χ2n) is 5.21. The molecule has 0 N–H and O–H groups in total. The molecule has 5 nitrogen and oxygen atoms in total. The van der Waals surface area contributed by atoms with Crippen LogP contribution < -0.4 is 4.74 Å². The molecule has 1 saturated heterocycles. The first-order valence-electron chi connectivity index (χ1n) is 7.31. The van der Waals surface area contributed by atoms with Crippen molar-refractivity contribution >= 4 is 5.97 Å². The second-order valence-corrected chi connectivity index (χ2v) is 5.21. The van der Waals surface area contributed by atoms with E-state index >= 15 is 0 Å². The van der Waals surface area contributed by atoms with E-state index in [1.165, 1.54) is 13.2 Å². The van der Waals surface area contributed by atoms with Crippen LogP contribution in [0.1, 0.15) is 31.6 Å². The highest BCUT2D eigenvalue weighted by atomic mass is 16.7. The van der Waals surface area contributed by atoms with Crippen molar-refractivity contribution in [3.05, 3.63) is 42.0 Å². The zero-order valence-electron chi connectivity index (χ0n) is 13.2. The third-order valence-corrected chi connectivity index (χ3v) is 3.51. The topological polar surface area (TPSA) is 54.0 Å². The van der Waals surface area contributed by atoms with Crippen LogP contribution >= 0.6 is 0 Å². The van der Waals surface area contributed by atoms with E-state index in [-0.39, 0.29) is 18.2 Å². The second kappa shape index (κ2) is 7.96. The van der Waals surface area contributed by atoms with Crippen LogP contribution in [0.25, 0.3) is 0 Å². The molecule has 1 fully saturated rings. The van der Waals surface area contributed by atoms with Gasteiger partial charge in [-0.15, -0.1) is 0 Å². The van der Waals surface area contributed by atoms with Crippen LogP contribution in [-0.4, -0.2) is 32.4 Å². The number of hydrogen-bond donors (Lipinski definition) is 0. The molecule has 3 atom stereocenters. The molecule has 120 valence electrons. The summed E-state index contributed by atoms with van der Waals surface area (Å²) in [5.74, 6) is 0.442. The Hall–Kier alpha value is -1.85. The summed E-state index contributed by atoms with van der Waals surface area (Å²) < 4.78 is 21.5. The summed E-state index contributed by atoms with van der Waals surface area (Å²) in [6.07, 6.45) is 4.35. The van der Waals surface area contributed by atoms with Crippen molar-refractivity contribution in [3.63, 3.8) is 0 Å². The van der Waals surface area contributed by atoms with Gasteiger partial charge in [-0.05, 0) is 25.5 Å². The summed E-state index contributed by atoms with van der Waals surface area (Å²) in [5, 5.41) is 0. The number of rotatable bonds is 5. The van der Waals surface area contributed by atoms with E-state index in [9.17, 15) is 4.79 Å². The highest BCUT2D eigenvalue weighted by Gasteiger charge is 2.28. The molecule has 0 spiro atoms. The van der Waals surface area contributed by atoms with E-state index < -0.39 is 6.29 Å². The van der Waals surface area contributed by atoms with E-state index in [1.807, 2.05) is 31.2 Å². The zero-order chi connectivity index (χ0) is 15.9. The first kappa shape index (κ1) is 16.5. The molecule has 0 bridgehead atoms. The van der Waals surface area contributed by atoms with Crippen molar-refractivity contribution in [1.29, 1.82) is 0 Å². The first-order valence-corrected chi connectivity index (χ1v) is 7.31. The van der Waals surface area contributed by atoms with Crippen LogP contribution in [0.5, 0.6) is 5.75 Å². The molecule has 1 aliphatic rings. The Morgan fingerprint density at radius 3 is 2.64 bits per heavy atom. The predicted octanol–water partition coefficient (Wildman–Crippen LogP) is 3.01. The zero-order valence-corrected chi connectivity index (χ0v) is 13.2. The van der Waals surface area contributed by atoms with Gasteiger partial charge in [0.25, 0.3) is 0 Å². The Balaban J connectivity index is 1.97. The maximum absolute atomic E-state index is 11.1. The average Bonchev–Trinajstić information content (AvgIpc) is 2.54. The van der Waals surface area contributed by atoms with Gasteiger partial charge in [0.05, 0.1) is 26.4 Å². The Kier molecular flexibility index (Phi) is 5.98. The summed E-state index contributed by atoms with van der Waals surface area (Å²) >= 11 is 0. The molecule has 0 amide bonds. The predicted molar refractivity (Wildman–Crippen MR) is 81.5 cm³/mol. The highest BCUT2D eigenvalue weighted by Crippen LogP contribution is 2.31. The largest absolute Gasteiger partial charge is 0.497 e. The molecule has 1 aromatic rings. The summed E-state index contributed by atoms with van der Waals surface area (Å²) in [7, 11) is 2.99. The van der Waals surface area contributed by atoms with E-state index in [4.69, 9.17) is 14.2 Å². The van der Waals surface area contributed by atoms with Crippen LogP contribution in [0.3, 0.4) is 0 Å². The molecular formula is C17H22O5. The maximum atomic E-state index is 11.1.